The Morgan fingerprint density at radius 1 is 1.12 bits per heavy atom. The van der Waals surface area contributed by atoms with Crippen LogP contribution < -0.4 is 19.9 Å². The van der Waals surface area contributed by atoms with Gasteiger partial charge in [-0.3, -0.25) is 4.79 Å². The van der Waals surface area contributed by atoms with Gasteiger partial charge < -0.3 is 19.9 Å². The minimum absolute atomic E-state index is 0.233. The van der Waals surface area contributed by atoms with Crippen LogP contribution in [0.3, 0.4) is 0 Å². The summed E-state index contributed by atoms with van der Waals surface area (Å²) in [5.74, 6) is 1.00. The number of ether oxygens (including phenoxy) is 3. The number of rotatable bonds is 7. The lowest BCUT2D eigenvalue weighted by atomic mass is 10.0. The molecule has 2 rings (SSSR count). The number of para-hydroxylation sites is 1. The van der Waals surface area contributed by atoms with Crippen molar-refractivity contribution in [2.24, 2.45) is 5.73 Å². The van der Waals surface area contributed by atoms with Crippen LogP contribution in [0.15, 0.2) is 42.5 Å². The SMILES string of the molecule is COc1ccc(/C(C#N)=C/c2ccccc2OCC(N)=O)cc1OC. The molecular formula is C19H18N2O4. The number of hydrogen-bond acceptors (Lipinski definition) is 5. The maximum absolute atomic E-state index is 10.9. The maximum atomic E-state index is 10.9. The summed E-state index contributed by atoms with van der Waals surface area (Å²) in [5, 5.41) is 9.53. The summed E-state index contributed by atoms with van der Waals surface area (Å²) in [4.78, 5) is 10.9. The van der Waals surface area contributed by atoms with Gasteiger partial charge >= 0.3 is 0 Å². The van der Waals surface area contributed by atoms with E-state index in [-0.39, 0.29) is 6.61 Å². The van der Waals surface area contributed by atoms with Crippen molar-refractivity contribution in [2.45, 2.75) is 0 Å². The molecule has 2 aromatic rings. The van der Waals surface area contributed by atoms with E-state index in [0.29, 0.717) is 33.9 Å². The van der Waals surface area contributed by atoms with Crippen LogP contribution in [-0.4, -0.2) is 26.7 Å². The van der Waals surface area contributed by atoms with Gasteiger partial charge in [-0.15, -0.1) is 0 Å². The molecule has 0 saturated carbocycles. The summed E-state index contributed by atoms with van der Waals surface area (Å²) in [6.07, 6.45) is 1.68. The molecule has 0 bridgehead atoms. The largest absolute Gasteiger partial charge is 0.493 e. The van der Waals surface area contributed by atoms with Gasteiger partial charge in [0, 0.05) is 5.56 Å². The van der Waals surface area contributed by atoms with Crippen molar-refractivity contribution >= 4 is 17.6 Å². The van der Waals surface area contributed by atoms with Gasteiger partial charge in [0.1, 0.15) is 5.75 Å². The lowest BCUT2D eigenvalue weighted by Gasteiger charge is -2.10. The molecule has 0 heterocycles. The third-order valence-corrected chi connectivity index (χ3v) is 3.40. The number of nitrogens with zero attached hydrogens (tertiary/aromatic N) is 1. The minimum Gasteiger partial charge on any atom is -0.493 e. The molecule has 1 amide bonds. The Morgan fingerprint density at radius 2 is 1.84 bits per heavy atom. The second kappa shape index (κ2) is 8.41. The molecule has 0 atom stereocenters. The molecule has 2 aromatic carbocycles. The number of amides is 1. The van der Waals surface area contributed by atoms with E-state index in [2.05, 4.69) is 6.07 Å². The molecule has 0 saturated heterocycles. The van der Waals surface area contributed by atoms with Crippen LogP contribution in [0.25, 0.3) is 11.6 Å². The van der Waals surface area contributed by atoms with E-state index in [1.807, 2.05) is 6.07 Å². The Bertz CT molecular complexity index is 838. The fourth-order valence-electron chi connectivity index (χ4n) is 2.22. The van der Waals surface area contributed by atoms with Gasteiger partial charge in [-0.1, -0.05) is 18.2 Å². The Hall–Kier alpha value is -3.46. The molecule has 0 aliphatic rings. The highest BCUT2D eigenvalue weighted by atomic mass is 16.5. The zero-order chi connectivity index (χ0) is 18.2. The molecular weight excluding hydrogens is 320 g/mol. The number of nitrogens with two attached hydrogens (primary N) is 1. The maximum Gasteiger partial charge on any atom is 0.255 e. The van der Waals surface area contributed by atoms with Crippen LogP contribution in [0.2, 0.25) is 0 Å². The topological polar surface area (TPSA) is 94.6 Å². The quantitative estimate of drug-likeness (QED) is 0.618. The Morgan fingerprint density at radius 3 is 2.48 bits per heavy atom. The first-order valence-electron chi connectivity index (χ1n) is 7.43. The number of nitriles is 1. The number of allylic oxidation sites excluding steroid dienone is 1. The summed E-state index contributed by atoms with van der Waals surface area (Å²) in [6.45, 7) is -0.233. The highest BCUT2D eigenvalue weighted by Gasteiger charge is 2.10. The van der Waals surface area contributed by atoms with Gasteiger partial charge in [-0.25, -0.2) is 0 Å². The first-order chi connectivity index (χ1) is 12.1. The van der Waals surface area contributed by atoms with Gasteiger partial charge in [0.15, 0.2) is 18.1 Å². The molecule has 0 fully saturated rings. The van der Waals surface area contributed by atoms with Gasteiger partial charge in [-0.05, 0) is 35.9 Å². The lowest BCUT2D eigenvalue weighted by Crippen LogP contribution is -2.20. The Kier molecular flexibility index (Phi) is 6.02. The molecule has 0 aliphatic heterocycles. The van der Waals surface area contributed by atoms with Crippen molar-refractivity contribution in [3.05, 3.63) is 53.6 Å². The van der Waals surface area contributed by atoms with Crippen LogP contribution in [0.5, 0.6) is 17.2 Å². The van der Waals surface area contributed by atoms with Crippen molar-refractivity contribution in [2.75, 3.05) is 20.8 Å². The summed E-state index contributed by atoms with van der Waals surface area (Å²) >= 11 is 0. The monoisotopic (exact) mass is 338 g/mol. The van der Waals surface area contributed by atoms with Crippen molar-refractivity contribution in [3.8, 4) is 23.3 Å². The third-order valence-electron chi connectivity index (χ3n) is 3.40. The van der Waals surface area contributed by atoms with E-state index in [1.54, 1.807) is 49.6 Å². The minimum atomic E-state index is -0.570. The predicted molar refractivity (Wildman–Crippen MR) is 94.2 cm³/mol. The van der Waals surface area contributed by atoms with Crippen LogP contribution in [-0.2, 0) is 4.79 Å². The predicted octanol–water partition coefficient (Wildman–Crippen LogP) is 2.63. The van der Waals surface area contributed by atoms with E-state index >= 15 is 0 Å². The van der Waals surface area contributed by atoms with E-state index in [9.17, 15) is 10.1 Å². The molecule has 0 spiro atoms. The van der Waals surface area contributed by atoms with E-state index < -0.39 is 5.91 Å². The van der Waals surface area contributed by atoms with Crippen molar-refractivity contribution in [1.82, 2.24) is 0 Å². The van der Waals surface area contributed by atoms with Crippen LogP contribution >= 0.6 is 0 Å². The molecule has 128 valence electrons. The number of primary amides is 1. The third kappa shape index (κ3) is 4.52. The van der Waals surface area contributed by atoms with Crippen molar-refractivity contribution in [1.29, 1.82) is 5.26 Å². The molecule has 0 radical (unpaired) electrons. The number of hydrogen-bond donors (Lipinski definition) is 1. The molecule has 6 heteroatoms. The van der Waals surface area contributed by atoms with Gasteiger partial charge in [0.05, 0.1) is 25.9 Å². The molecule has 6 nitrogen and oxygen atoms in total. The fraction of sp³-hybridized carbons (Fsp3) is 0.158. The highest BCUT2D eigenvalue weighted by molar-refractivity contribution is 5.91. The summed E-state index contributed by atoms with van der Waals surface area (Å²) in [5.41, 5.74) is 6.86. The summed E-state index contributed by atoms with van der Waals surface area (Å²) < 4.78 is 15.9. The fourth-order valence-corrected chi connectivity index (χ4v) is 2.22. The van der Waals surface area contributed by atoms with Crippen molar-refractivity contribution in [3.63, 3.8) is 0 Å². The molecule has 0 aromatic heterocycles. The van der Waals surface area contributed by atoms with E-state index in [0.717, 1.165) is 0 Å². The Balaban J connectivity index is 2.42. The Labute approximate surface area is 146 Å². The normalized spacial score (nSPS) is 10.7. The number of methoxy groups -OCH3 is 2. The van der Waals surface area contributed by atoms with Crippen LogP contribution in [0.1, 0.15) is 11.1 Å². The first-order valence-corrected chi connectivity index (χ1v) is 7.43. The second-order valence-electron chi connectivity index (χ2n) is 5.03. The average molecular weight is 338 g/mol. The van der Waals surface area contributed by atoms with Gasteiger partial charge in [0.2, 0.25) is 0 Å². The molecule has 25 heavy (non-hydrogen) atoms. The number of carbonyl (C=O) groups excluding carboxylic acids is 1. The van der Waals surface area contributed by atoms with Crippen LogP contribution in [0.4, 0.5) is 0 Å². The molecule has 2 N–H and O–H groups in total. The van der Waals surface area contributed by atoms with Crippen LogP contribution in [0, 0.1) is 11.3 Å². The average Bonchev–Trinajstić information content (AvgIpc) is 2.64. The van der Waals surface area contributed by atoms with Gasteiger partial charge in [-0.2, -0.15) is 5.26 Å². The zero-order valence-electron chi connectivity index (χ0n) is 14.0. The number of carbonyl (C=O) groups is 1. The lowest BCUT2D eigenvalue weighted by molar-refractivity contribution is -0.119. The van der Waals surface area contributed by atoms with E-state index in [4.69, 9.17) is 19.9 Å². The molecule has 0 aliphatic carbocycles. The molecule has 0 unspecified atom stereocenters. The standard InChI is InChI=1S/C19H18N2O4/c1-23-17-8-7-13(10-18(17)24-2)15(11-20)9-14-5-3-4-6-16(14)25-12-19(21)22/h3-10H,12H2,1-2H3,(H2,21,22)/b15-9+. The summed E-state index contributed by atoms with van der Waals surface area (Å²) in [6, 6.07) is 14.5. The smallest absolute Gasteiger partial charge is 0.255 e. The number of benzene rings is 2. The van der Waals surface area contributed by atoms with Gasteiger partial charge in [0.25, 0.3) is 5.91 Å². The summed E-state index contributed by atoms with van der Waals surface area (Å²) in [7, 11) is 3.08. The second-order valence-corrected chi connectivity index (χ2v) is 5.03. The van der Waals surface area contributed by atoms with E-state index in [1.165, 1.54) is 7.11 Å². The van der Waals surface area contributed by atoms with Crippen molar-refractivity contribution < 1.29 is 19.0 Å². The first kappa shape index (κ1) is 17.9. The highest BCUT2D eigenvalue weighted by Crippen LogP contribution is 2.31. The zero-order valence-corrected chi connectivity index (χ0v) is 14.0.